The standard InChI is InChI=1S/C22H31F2N5O/c1-3-28-14-18(17(2)26-28)13-27-9-6-19(7-10-27)29-16-22(23,24)11-20(29)15-30-21-5-4-8-25-12-21/h4-5,8,12,14,19-20H,3,6-7,9-11,13,15-16H2,1-2H3/t20-/m0/s1. The molecule has 0 spiro atoms. The summed E-state index contributed by atoms with van der Waals surface area (Å²) in [6, 6.07) is 3.52. The summed E-state index contributed by atoms with van der Waals surface area (Å²) >= 11 is 0. The lowest BCUT2D eigenvalue weighted by Gasteiger charge is -2.39. The first-order chi connectivity index (χ1) is 14.4. The van der Waals surface area contributed by atoms with Crippen LogP contribution in [0.5, 0.6) is 5.75 Å². The molecule has 0 amide bonds. The number of aryl methyl sites for hydroxylation is 2. The third-order valence-corrected chi connectivity index (χ3v) is 6.29. The molecule has 4 heterocycles. The van der Waals surface area contributed by atoms with E-state index >= 15 is 0 Å². The van der Waals surface area contributed by atoms with Gasteiger partial charge in [0.15, 0.2) is 0 Å². The number of aromatic nitrogens is 3. The van der Waals surface area contributed by atoms with Gasteiger partial charge in [-0.1, -0.05) is 0 Å². The van der Waals surface area contributed by atoms with Gasteiger partial charge in [-0.3, -0.25) is 19.5 Å². The van der Waals surface area contributed by atoms with Gasteiger partial charge >= 0.3 is 0 Å². The predicted octanol–water partition coefficient (Wildman–Crippen LogP) is 3.36. The van der Waals surface area contributed by atoms with Crippen molar-refractivity contribution in [2.24, 2.45) is 0 Å². The molecule has 6 nitrogen and oxygen atoms in total. The molecular formula is C22H31F2N5O. The number of rotatable bonds is 7. The molecule has 8 heteroatoms. The highest BCUT2D eigenvalue weighted by atomic mass is 19.3. The number of pyridine rings is 1. The van der Waals surface area contributed by atoms with Gasteiger partial charge < -0.3 is 4.74 Å². The summed E-state index contributed by atoms with van der Waals surface area (Å²) in [7, 11) is 0. The van der Waals surface area contributed by atoms with E-state index in [1.807, 2.05) is 22.6 Å². The van der Waals surface area contributed by atoms with Crippen molar-refractivity contribution in [3.05, 3.63) is 42.0 Å². The number of hydrogen-bond acceptors (Lipinski definition) is 5. The number of halogens is 2. The van der Waals surface area contributed by atoms with E-state index in [2.05, 4.69) is 28.1 Å². The maximum Gasteiger partial charge on any atom is 0.262 e. The first kappa shape index (κ1) is 21.2. The monoisotopic (exact) mass is 419 g/mol. The Kier molecular flexibility index (Phi) is 6.34. The van der Waals surface area contributed by atoms with Gasteiger partial charge in [-0.2, -0.15) is 5.10 Å². The highest BCUT2D eigenvalue weighted by molar-refractivity contribution is 5.16. The van der Waals surface area contributed by atoms with Crippen LogP contribution in [0.1, 0.15) is 37.4 Å². The van der Waals surface area contributed by atoms with E-state index in [0.29, 0.717) is 5.75 Å². The first-order valence-electron chi connectivity index (χ1n) is 10.8. The molecule has 0 aliphatic carbocycles. The zero-order valence-corrected chi connectivity index (χ0v) is 17.8. The lowest BCUT2D eigenvalue weighted by Crippen LogP contribution is -2.48. The topological polar surface area (TPSA) is 46.4 Å². The van der Waals surface area contributed by atoms with E-state index < -0.39 is 5.92 Å². The van der Waals surface area contributed by atoms with E-state index in [0.717, 1.165) is 44.7 Å². The second-order valence-corrected chi connectivity index (χ2v) is 8.49. The highest BCUT2D eigenvalue weighted by Crippen LogP contribution is 2.36. The van der Waals surface area contributed by atoms with Crippen LogP contribution >= 0.6 is 0 Å². The quantitative estimate of drug-likeness (QED) is 0.689. The summed E-state index contributed by atoms with van der Waals surface area (Å²) in [5.41, 5.74) is 2.33. The summed E-state index contributed by atoms with van der Waals surface area (Å²) in [6.45, 7) is 7.82. The minimum absolute atomic E-state index is 0.136. The SMILES string of the molecule is CCn1cc(CN2CCC(N3CC(F)(F)C[C@H]3COc3cccnc3)CC2)c(C)n1. The molecule has 4 rings (SSSR count). The largest absolute Gasteiger partial charge is 0.490 e. The molecule has 1 atom stereocenters. The lowest BCUT2D eigenvalue weighted by atomic mass is 10.0. The minimum atomic E-state index is -2.65. The Morgan fingerprint density at radius 3 is 2.73 bits per heavy atom. The molecule has 0 radical (unpaired) electrons. The van der Waals surface area contributed by atoms with Gasteiger partial charge in [0, 0.05) is 43.5 Å². The van der Waals surface area contributed by atoms with Crippen molar-refractivity contribution < 1.29 is 13.5 Å². The Labute approximate surface area is 176 Å². The summed E-state index contributed by atoms with van der Waals surface area (Å²) in [4.78, 5) is 8.43. The Bertz CT molecular complexity index is 820. The van der Waals surface area contributed by atoms with Crippen molar-refractivity contribution in [1.82, 2.24) is 24.6 Å². The molecule has 2 aliphatic heterocycles. The average Bonchev–Trinajstić information content (AvgIpc) is 3.26. The summed E-state index contributed by atoms with van der Waals surface area (Å²) in [5.74, 6) is -2.02. The number of ether oxygens (including phenoxy) is 1. The van der Waals surface area contributed by atoms with Gasteiger partial charge in [-0.25, -0.2) is 8.78 Å². The predicted molar refractivity (Wildman–Crippen MR) is 111 cm³/mol. The second kappa shape index (κ2) is 8.98. The second-order valence-electron chi connectivity index (χ2n) is 8.49. The third-order valence-electron chi connectivity index (χ3n) is 6.29. The van der Waals surface area contributed by atoms with Crippen LogP contribution in [0.15, 0.2) is 30.7 Å². The summed E-state index contributed by atoms with van der Waals surface area (Å²) in [6.07, 6.45) is 7.09. The normalized spacial score (nSPS) is 23.1. The third kappa shape index (κ3) is 4.98. The van der Waals surface area contributed by atoms with Crippen molar-refractivity contribution in [2.75, 3.05) is 26.2 Å². The Morgan fingerprint density at radius 2 is 2.07 bits per heavy atom. The molecule has 30 heavy (non-hydrogen) atoms. The van der Waals surface area contributed by atoms with Crippen molar-refractivity contribution in [1.29, 1.82) is 0 Å². The molecule has 0 bridgehead atoms. The summed E-state index contributed by atoms with van der Waals surface area (Å²) in [5, 5.41) is 4.52. The van der Waals surface area contributed by atoms with Crippen molar-refractivity contribution >= 4 is 0 Å². The summed E-state index contributed by atoms with van der Waals surface area (Å²) < 4.78 is 36.2. The molecule has 0 saturated carbocycles. The molecule has 0 aromatic carbocycles. The van der Waals surface area contributed by atoms with Gasteiger partial charge in [-0.05, 0) is 51.9 Å². The number of nitrogens with zero attached hydrogens (tertiary/aromatic N) is 5. The number of piperidine rings is 1. The van der Waals surface area contributed by atoms with Crippen LogP contribution in [0.4, 0.5) is 8.78 Å². The number of likely N-dealkylation sites (tertiary alicyclic amines) is 2. The molecule has 2 fully saturated rings. The Hall–Kier alpha value is -2.06. The lowest BCUT2D eigenvalue weighted by molar-refractivity contribution is 0.00269. The van der Waals surface area contributed by atoms with Gasteiger partial charge in [-0.15, -0.1) is 0 Å². The van der Waals surface area contributed by atoms with Crippen molar-refractivity contribution in [2.45, 2.75) is 64.2 Å². The van der Waals surface area contributed by atoms with E-state index in [-0.39, 0.29) is 31.7 Å². The van der Waals surface area contributed by atoms with Crippen LogP contribution in [0, 0.1) is 6.92 Å². The zero-order valence-electron chi connectivity index (χ0n) is 17.8. The molecule has 2 aliphatic rings. The molecule has 2 aromatic rings. The van der Waals surface area contributed by atoms with Crippen LogP contribution in [0.2, 0.25) is 0 Å². The highest BCUT2D eigenvalue weighted by Gasteiger charge is 2.47. The van der Waals surface area contributed by atoms with E-state index in [1.165, 1.54) is 5.56 Å². The van der Waals surface area contributed by atoms with E-state index in [1.54, 1.807) is 18.5 Å². The fraction of sp³-hybridized carbons (Fsp3) is 0.636. The average molecular weight is 420 g/mol. The van der Waals surface area contributed by atoms with Gasteiger partial charge in [0.25, 0.3) is 5.92 Å². The van der Waals surface area contributed by atoms with Crippen LogP contribution in [0.3, 0.4) is 0 Å². The smallest absolute Gasteiger partial charge is 0.262 e. The maximum absolute atomic E-state index is 14.2. The van der Waals surface area contributed by atoms with E-state index in [4.69, 9.17) is 4.74 Å². The van der Waals surface area contributed by atoms with Crippen LogP contribution in [-0.4, -0.2) is 68.8 Å². The Balaban J connectivity index is 1.33. The van der Waals surface area contributed by atoms with Gasteiger partial charge in [0.1, 0.15) is 12.4 Å². The fourth-order valence-corrected chi connectivity index (χ4v) is 4.66. The molecule has 2 aromatic heterocycles. The molecule has 164 valence electrons. The molecular weight excluding hydrogens is 388 g/mol. The first-order valence-corrected chi connectivity index (χ1v) is 10.8. The number of hydrogen-bond donors (Lipinski definition) is 0. The fourth-order valence-electron chi connectivity index (χ4n) is 4.66. The molecule has 0 N–H and O–H groups in total. The Morgan fingerprint density at radius 1 is 1.27 bits per heavy atom. The number of alkyl halides is 2. The van der Waals surface area contributed by atoms with Crippen LogP contribution in [-0.2, 0) is 13.1 Å². The zero-order chi connectivity index (χ0) is 21.1. The minimum Gasteiger partial charge on any atom is -0.490 e. The van der Waals surface area contributed by atoms with Crippen molar-refractivity contribution in [3.63, 3.8) is 0 Å². The van der Waals surface area contributed by atoms with Crippen LogP contribution in [0.25, 0.3) is 0 Å². The van der Waals surface area contributed by atoms with Gasteiger partial charge in [0.05, 0.1) is 24.5 Å². The van der Waals surface area contributed by atoms with Crippen LogP contribution < -0.4 is 4.74 Å². The van der Waals surface area contributed by atoms with Crippen molar-refractivity contribution in [3.8, 4) is 5.75 Å². The molecule has 0 unspecified atom stereocenters. The molecule has 2 saturated heterocycles. The van der Waals surface area contributed by atoms with Gasteiger partial charge in [0.2, 0.25) is 0 Å². The van der Waals surface area contributed by atoms with E-state index in [9.17, 15) is 8.78 Å². The maximum atomic E-state index is 14.2.